The first-order valence-electron chi connectivity index (χ1n) is 10.1. The van der Waals surface area contributed by atoms with Crippen LogP contribution in [0.25, 0.3) is 10.9 Å². The first-order valence-corrected chi connectivity index (χ1v) is 10.1. The van der Waals surface area contributed by atoms with E-state index in [2.05, 4.69) is 61.7 Å². The fourth-order valence-electron chi connectivity index (χ4n) is 4.77. The van der Waals surface area contributed by atoms with Gasteiger partial charge in [0.15, 0.2) is 11.6 Å². The Morgan fingerprint density at radius 2 is 2.04 bits per heavy atom. The second kappa shape index (κ2) is 6.74. The zero-order chi connectivity index (χ0) is 19.3. The van der Waals surface area contributed by atoms with E-state index in [1.54, 1.807) is 6.92 Å². The summed E-state index contributed by atoms with van der Waals surface area (Å²) < 4.78 is 4.45. The number of amides is 1. The van der Waals surface area contributed by atoms with Crippen molar-refractivity contribution < 1.29 is 4.79 Å². The Bertz CT molecular complexity index is 1030. The quantitative estimate of drug-likeness (QED) is 0.703. The predicted molar refractivity (Wildman–Crippen MR) is 106 cm³/mol. The number of rotatable bonds is 3. The topological polar surface area (TPSA) is 59.2 Å². The van der Waals surface area contributed by atoms with Gasteiger partial charge in [-0.3, -0.25) is 9.69 Å². The van der Waals surface area contributed by atoms with Crippen LogP contribution in [-0.2, 0) is 31.5 Å². The third-order valence-corrected chi connectivity index (χ3v) is 6.24. The van der Waals surface area contributed by atoms with Crippen LogP contribution in [0.1, 0.15) is 43.0 Å². The lowest BCUT2D eigenvalue weighted by molar-refractivity contribution is -0.130. The summed E-state index contributed by atoms with van der Waals surface area (Å²) in [5.41, 5.74) is 2.64. The van der Waals surface area contributed by atoms with Gasteiger partial charge in [0, 0.05) is 50.7 Å². The molecule has 0 bridgehead atoms. The highest BCUT2D eigenvalue weighted by Crippen LogP contribution is 2.34. The van der Waals surface area contributed by atoms with Crippen LogP contribution in [0.2, 0.25) is 0 Å². The Hall–Kier alpha value is -2.67. The van der Waals surface area contributed by atoms with E-state index >= 15 is 0 Å². The van der Waals surface area contributed by atoms with Crippen LogP contribution in [0.3, 0.4) is 0 Å². The van der Waals surface area contributed by atoms with Gasteiger partial charge in [-0.1, -0.05) is 18.2 Å². The van der Waals surface area contributed by atoms with Crippen molar-refractivity contribution in [3.8, 4) is 0 Å². The van der Waals surface area contributed by atoms with Gasteiger partial charge in [0.2, 0.25) is 5.91 Å². The number of carbonyl (C=O) groups excluding carboxylic acids is 1. The SMILES string of the molecule is CC(=O)N1CCn2c(nnc2[C@@H]2CCCN2Cc2cn(C)c3ccccc23)C1. The van der Waals surface area contributed by atoms with E-state index in [0.29, 0.717) is 12.6 Å². The largest absolute Gasteiger partial charge is 0.350 e. The highest BCUT2D eigenvalue weighted by atomic mass is 16.2. The summed E-state index contributed by atoms with van der Waals surface area (Å²) in [4.78, 5) is 16.1. The fourth-order valence-corrected chi connectivity index (χ4v) is 4.77. The van der Waals surface area contributed by atoms with E-state index in [1.165, 1.54) is 22.9 Å². The zero-order valence-corrected chi connectivity index (χ0v) is 16.5. The van der Waals surface area contributed by atoms with E-state index < -0.39 is 0 Å². The minimum absolute atomic E-state index is 0.106. The molecule has 2 aromatic heterocycles. The Balaban J connectivity index is 1.42. The minimum atomic E-state index is 0.106. The molecule has 2 aliphatic heterocycles. The standard InChI is InChI=1S/C21H26N6O/c1-15(28)25-10-11-27-20(14-25)22-23-21(27)19-8-5-9-26(19)13-16-12-24(2)18-7-4-3-6-17(16)18/h3-4,6-7,12,19H,5,8-11,13-14H2,1-2H3/t19-/m0/s1. The van der Waals surface area contributed by atoms with E-state index in [9.17, 15) is 4.79 Å². The van der Waals surface area contributed by atoms with Crippen LogP contribution >= 0.6 is 0 Å². The molecule has 7 heteroatoms. The molecule has 28 heavy (non-hydrogen) atoms. The number of fused-ring (bicyclic) bond motifs is 2. The molecule has 0 N–H and O–H groups in total. The number of aryl methyl sites for hydroxylation is 1. The summed E-state index contributed by atoms with van der Waals surface area (Å²) in [5, 5.41) is 10.3. The number of benzene rings is 1. The Morgan fingerprint density at radius 1 is 1.18 bits per heavy atom. The van der Waals surface area contributed by atoms with Crippen molar-refractivity contribution in [3.05, 3.63) is 47.7 Å². The zero-order valence-electron chi connectivity index (χ0n) is 16.5. The van der Waals surface area contributed by atoms with Gasteiger partial charge in [0.05, 0.1) is 12.6 Å². The number of aromatic nitrogens is 4. The first kappa shape index (κ1) is 17.4. The summed E-state index contributed by atoms with van der Waals surface area (Å²) in [6.07, 6.45) is 4.54. The molecule has 1 aromatic carbocycles. The monoisotopic (exact) mass is 378 g/mol. The third-order valence-electron chi connectivity index (χ3n) is 6.24. The van der Waals surface area contributed by atoms with Gasteiger partial charge < -0.3 is 14.0 Å². The van der Waals surface area contributed by atoms with E-state index in [4.69, 9.17) is 0 Å². The normalized spacial score (nSPS) is 20.1. The smallest absolute Gasteiger partial charge is 0.219 e. The van der Waals surface area contributed by atoms with Crippen LogP contribution in [0.5, 0.6) is 0 Å². The maximum absolute atomic E-state index is 11.7. The molecule has 4 heterocycles. The Labute approximate surface area is 164 Å². The summed E-state index contributed by atoms with van der Waals surface area (Å²) in [5.74, 6) is 2.08. The maximum atomic E-state index is 11.7. The highest BCUT2D eigenvalue weighted by molar-refractivity contribution is 5.83. The van der Waals surface area contributed by atoms with Gasteiger partial charge in [-0.05, 0) is 31.0 Å². The van der Waals surface area contributed by atoms with Crippen LogP contribution in [0, 0.1) is 0 Å². The maximum Gasteiger partial charge on any atom is 0.219 e. The van der Waals surface area contributed by atoms with Crippen LogP contribution in [0.4, 0.5) is 0 Å². The molecule has 0 unspecified atom stereocenters. The van der Waals surface area contributed by atoms with Crippen molar-refractivity contribution in [2.45, 2.75) is 45.4 Å². The minimum Gasteiger partial charge on any atom is -0.350 e. The van der Waals surface area contributed by atoms with Gasteiger partial charge in [-0.25, -0.2) is 0 Å². The molecule has 7 nitrogen and oxygen atoms in total. The van der Waals surface area contributed by atoms with Crippen molar-refractivity contribution >= 4 is 16.8 Å². The van der Waals surface area contributed by atoms with Crippen molar-refractivity contribution in [1.82, 2.24) is 29.1 Å². The number of nitrogens with zero attached hydrogens (tertiary/aromatic N) is 6. The molecule has 5 rings (SSSR count). The molecule has 0 saturated carbocycles. The average molecular weight is 378 g/mol. The van der Waals surface area contributed by atoms with Crippen LogP contribution in [-0.4, -0.2) is 48.1 Å². The highest BCUT2D eigenvalue weighted by Gasteiger charge is 2.33. The fraction of sp³-hybridized carbons (Fsp3) is 0.476. The van der Waals surface area contributed by atoms with Crippen LogP contribution in [0.15, 0.2) is 30.5 Å². The van der Waals surface area contributed by atoms with E-state index in [0.717, 1.165) is 44.2 Å². The lowest BCUT2D eigenvalue weighted by Gasteiger charge is -2.29. The summed E-state index contributed by atoms with van der Waals surface area (Å²) in [6, 6.07) is 8.89. The number of likely N-dealkylation sites (tertiary alicyclic amines) is 1. The molecule has 0 radical (unpaired) electrons. The average Bonchev–Trinajstić information content (AvgIpc) is 3.39. The third kappa shape index (κ3) is 2.81. The second-order valence-electron chi connectivity index (χ2n) is 7.98. The molecule has 1 fully saturated rings. The van der Waals surface area contributed by atoms with Crippen molar-refractivity contribution in [1.29, 1.82) is 0 Å². The number of hydrogen-bond acceptors (Lipinski definition) is 4. The first-order chi connectivity index (χ1) is 13.6. The predicted octanol–water partition coefficient (Wildman–Crippen LogP) is 2.47. The summed E-state index contributed by atoms with van der Waals surface area (Å²) in [6.45, 7) is 5.72. The van der Waals surface area contributed by atoms with Crippen molar-refractivity contribution in [2.75, 3.05) is 13.1 Å². The molecule has 1 amide bonds. The van der Waals surface area contributed by atoms with Gasteiger partial charge in [-0.2, -0.15) is 0 Å². The lowest BCUT2D eigenvalue weighted by atomic mass is 10.1. The van der Waals surface area contributed by atoms with E-state index in [-0.39, 0.29) is 5.91 Å². The van der Waals surface area contributed by atoms with Gasteiger partial charge in [-0.15, -0.1) is 10.2 Å². The van der Waals surface area contributed by atoms with Crippen molar-refractivity contribution in [2.24, 2.45) is 7.05 Å². The molecule has 1 saturated heterocycles. The molecular formula is C21H26N6O. The summed E-state index contributed by atoms with van der Waals surface area (Å²) in [7, 11) is 2.11. The lowest BCUT2D eigenvalue weighted by Crippen LogP contribution is -2.38. The molecular weight excluding hydrogens is 352 g/mol. The molecule has 2 aliphatic rings. The molecule has 146 valence electrons. The molecule has 3 aromatic rings. The molecule has 0 aliphatic carbocycles. The second-order valence-corrected chi connectivity index (χ2v) is 7.98. The number of carbonyl (C=O) groups is 1. The number of hydrogen-bond donors (Lipinski definition) is 0. The molecule has 1 atom stereocenters. The Kier molecular flexibility index (Phi) is 4.19. The Morgan fingerprint density at radius 3 is 2.89 bits per heavy atom. The summed E-state index contributed by atoms with van der Waals surface area (Å²) >= 11 is 0. The van der Waals surface area contributed by atoms with E-state index in [1.807, 2.05) is 4.90 Å². The van der Waals surface area contributed by atoms with Gasteiger partial charge >= 0.3 is 0 Å². The van der Waals surface area contributed by atoms with Crippen molar-refractivity contribution in [3.63, 3.8) is 0 Å². The number of para-hydroxylation sites is 1. The van der Waals surface area contributed by atoms with Crippen LogP contribution < -0.4 is 0 Å². The van der Waals surface area contributed by atoms with Gasteiger partial charge in [0.25, 0.3) is 0 Å². The van der Waals surface area contributed by atoms with Gasteiger partial charge in [0.1, 0.15) is 0 Å². The molecule has 0 spiro atoms.